The van der Waals surface area contributed by atoms with E-state index in [-0.39, 0.29) is 35.5 Å². The van der Waals surface area contributed by atoms with Crippen LogP contribution >= 0.6 is 0 Å². The van der Waals surface area contributed by atoms with Crippen LogP contribution in [0.25, 0.3) is 11.0 Å². The number of benzene rings is 2. The Labute approximate surface area is 155 Å². The van der Waals surface area contributed by atoms with Crippen molar-refractivity contribution in [1.29, 1.82) is 0 Å². The monoisotopic (exact) mass is 394 g/mol. The van der Waals surface area contributed by atoms with Crippen molar-refractivity contribution < 1.29 is 37.0 Å². The van der Waals surface area contributed by atoms with E-state index >= 15 is 0 Å². The fourth-order valence-corrected chi connectivity index (χ4v) is 2.39. The van der Waals surface area contributed by atoms with Gasteiger partial charge in [-0.2, -0.15) is 13.2 Å². The summed E-state index contributed by atoms with van der Waals surface area (Å²) in [7, 11) is 0. The number of carbonyl (C=O) groups is 1. The van der Waals surface area contributed by atoms with E-state index in [9.17, 15) is 22.8 Å². The number of aliphatic carboxylic acids is 1. The number of carboxylic acid groups (broad SMARTS) is 1. The first kappa shape index (κ1) is 19.3. The molecule has 0 amide bonds. The van der Waals surface area contributed by atoms with Gasteiger partial charge in [0.1, 0.15) is 17.1 Å². The molecule has 0 aliphatic heterocycles. The summed E-state index contributed by atoms with van der Waals surface area (Å²) >= 11 is 0. The number of hydrogen-bond acceptors (Lipinski definition) is 5. The molecule has 1 heterocycles. The van der Waals surface area contributed by atoms with Crippen molar-refractivity contribution in [3.8, 4) is 17.2 Å². The Hall–Kier alpha value is -3.49. The van der Waals surface area contributed by atoms with E-state index in [4.69, 9.17) is 19.0 Å². The van der Waals surface area contributed by atoms with Gasteiger partial charge in [-0.05, 0) is 24.3 Å². The molecule has 28 heavy (non-hydrogen) atoms. The van der Waals surface area contributed by atoms with Gasteiger partial charge in [-0.25, -0.2) is 0 Å². The minimum atomic E-state index is -4.97. The lowest BCUT2D eigenvalue weighted by molar-refractivity contribution is -0.154. The van der Waals surface area contributed by atoms with Gasteiger partial charge in [0.25, 0.3) is 5.76 Å². The smallest absolute Gasteiger partial charge is 0.453 e. The highest BCUT2D eigenvalue weighted by Crippen LogP contribution is 2.38. The summed E-state index contributed by atoms with van der Waals surface area (Å²) < 4.78 is 55.6. The zero-order valence-corrected chi connectivity index (χ0v) is 14.2. The molecule has 0 unspecified atom stereocenters. The van der Waals surface area contributed by atoms with Crippen LogP contribution in [0.4, 0.5) is 13.2 Å². The molecule has 0 bridgehead atoms. The molecule has 0 spiro atoms. The van der Waals surface area contributed by atoms with Gasteiger partial charge in [0.2, 0.25) is 11.2 Å². The van der Waals surface area contributed by atoms with Crippen molar-refractivity contribution in [1.82, 2.24) is 0 Å². The molecule has 0 saturated heterocycles. The lowest BCUT2D eigenvalue weighted by Crippen LogP contribution is -2.15. The first-order valence-corrected chi connectivity index (χ1v) is 8.01. The van der Waals surface area contributed by atoms with Crippen molar-refractivity contribution in [2.75, 3.05) is 6.61 Å². The number of halogens is 3. The fourth-order valence-electron chi connectivity index (χ4n) is 2.39. The summed E-state index contributed by atoms with van der Waals surface area (Å²) in [4.78, 5) is 23.1. The molecular weight excluding hydrogens is 381 g/mol. The number of fused-ring (bicyclic) bond motifs is 1. The normalized spacial score (nSPS) is 11.4. The summed E-state index contributed by atoms with van der Waals surface area (Å²) in [5.41, 5.74) is -1.35. The van der Waals surface area contributed by atoms with Crippen molar-refractivity contribution in [2.45, 2.75) is 12.6 Å². The minimum Gasteiger partial charge on any atom is -0.493 e. The summed E-state index contributed by atoms with van der Waals surface area (Å²) in [6.45, 7) is -0.188. The molecule has 0 aliphatic rings. The van der Waals surface area contributed by atoms with Crippen LogP contribution in [0.15, 0.2) is 57.7 Å². The average molecular weight is 394 g/mol. The van der Waals surface area contributed by atoms with Crippen LogP contribution in [-0.2, 0) is 11.0 Å². The van der Waals surface area contributed by atoms with Crippen LogP contribution in [0, 0.1) is 0 Å². The highest BCUT2D eigenvalue weighted by molar-refractivity contribution is 5.79. The molecular formula is C19H13F3O6. The van der Waals surface area contributed by atoms with Gasteiger partial charge in [-0.3, -0.25) is 9.59 Å². The number of ether oxygens (including phenoxy) is 2. The number of rotatable bonds is 6. The maximum atomic E-state index is 13.4. The number of carboxylic acids is 1. The second kappa shape index (κ2) is 7.63. The third-order valence-electron chi connectivity index (χ3n) is 3.63. The van der Waals surface area contributed by atoms with E-state index in [0.29, 0.717) is 0 Å². The average Bonchev–Trinajstić information content (AvgIpc) is 2.63. The van der Waals surface area contributed by atoms with E-state index in [1.165, 1.54) is 24.3 Å². The Kier molecular flexibility index (Phi) is 5.25. The molecule has 0 aliphatic carbocycles. The molecule has 9 heteroatoms. The molecule has 2 aromatic carbocycles. The van der Waals surface area contributed by atoms with Gasteiger partial charge in [0.05, 0.1) is 18.4 Å². The molecule has 3 rings (SSSR count). The zero-order chi connectivity index (χ0) is 20.3. The van der Waals surface area contributed by atoms with E-state index in [1.807, 2.05) is 0 Å². The third kappa shape index (κ3) is 4.25. The lowest BCUT2D eigenvalue weighted by atomic mass is 10.2. The van der Waals surface area contributed by atoms with Crippen LogP contribution in [-0.4, -0.2) is 17.7 Å². The second-order valence-corrected chi connectivity index (χ2v) is 5.65. The number of alkyl halides is 3. The lowest BCUT2D eigenvalue weighted by Gasteiger charge is -2.13. The molecule has 3 aromatic rings. The Morgan fingerprint density at radius 2 is 1.79 bits per heavy atom. The van der Waals surface area contributed by atoms with Crippen molar-refractivity contribution in [3.63, 3.8) is 0 Å². The molecule has 0 radical (unpaired) electrons. The van der Waals surface area contributed by atoms with Crippen LogP contribution in [0.2, 0.25) is 0 Å². The first-order chi connectivity index (χ1) is 13.3. The van der Waals surface area contributed by atoms with Crippen molar-refractivity contribution >= 4 is 16.9 Å². The van der Waals surface area contributed by atoms with Gasteiger partial charge in [-0.1, -0.05) is 18.2 Å². The van der Waals surface area contributed by atoms with E-state index in [0.717, 1.165) is 6.07 Å². The minimum absolute atomic E-state index is 0.0493. The van der Waals surface area contributed by atoms with Crippen molar-refractivity contribution in [2.24, 2.45) is 0 Å². The van der Waals surface area contributed by atoms with Gasteiger partial charge in [-0.15, -0.1) is 0 Å². The first-order valence-electron chi connectivity index (χ1n) is 8.01. The Morgan fingerprint density at radius 3 is 2.43 bits per heavy atom. The molecule has 0 fully saturated rings. The van der Waals surface area contributed by atoms with Crippen LogP contribution in [0.3, 0.4) is 0 Å². The zero-order valence-electron chi connectivity index (χ0n) is 14.2. The Morgan fingerprint density at radius 1 is 1.07 bits per heavy atom. The van der Waals surface area contributed by atoms with Crippen molar-refractivity contribution in [3.05, 3.63) is 64.5 Å². The third-order valence-corrected chi connectivity index (χ3v) is 3.63. The molecule has 146 valence electrons. The SMILES string of the molecule is O=C(O)CCOc1ccc2c(=O)c(Oc3ccccc3)c(C(F)(F)F)oc2c1. The van der Waals surface area contributed by atoms with Crippen LogP contribution < -0.4 is 14.9 Å². The second-order valence-electron chi connectivity index (χ2n) is 5.65. The predicted octanol–water partition coefficient (Wildman–Crippen LogP) is 4.46. The van der Waals surface area contributed by atoms with Gasteiger partial charge >= 0.3 is 12.1 Å². The van der Waals surface area contributed by atoms with Crippen LogP contribution in [0.5, 0.6) is 17.2 Å². The van der Waals surface area contributed by atoms with E-state index in [2.05, 4.69) is 0 Å². The molecule has 0 saturated carbocycles. The maximum absolute atomic E-state index is 13.4. The molecule has 1 aromatic heterocycles. The Balaban J connectivity index is 2.06. The highest BCUT2D eigenvalue weighted by Gasteiger charge is 2.40. The van der Waals surface area contributed by atoms with Gasteiger partial charge in [0.15, 0.2) is 0 Å². The van der Waals surface area contributed by atoms with E-state index < -0.39 is 29.1 Å². The maximum Gasteiger partial charge on any atom is 0.453 e. The fraction of sp³-hybridized carbons (Fsp3) is 0.158. The summed E-state index contributed by atoms with van der Waals surface area (Å²) in [5, 5.41) is 8.46. The summed E-state index contributed by atoms with van der Waals surface area (Å²) in [5.74, 6) is -3.51. The Bertz CT molecular complexity index is 1060. The standard InChI is InChI=1S/C19H13F3O6/c20-19(21,22)18-17(27-11-4-2-1-3-5-11)16(25)13-7-6-12(10-14(13)28-18)26-9-8-15(23)24/h1-7,10H,8-9H2,(H,23,24). The molecule has 1 N–H and O–H groups in total. The van der Waals surface area contributed by atoms with Gasteiger partial charge < -0.3 is 19.0 Å². The summed E-state index contributed by atoms with van der Waals surface area (Å²) in [6, 6.07) is 11.2. The number of para-hydroxylation sites is 1. The highest BCUT2D eigenvalue weighted by atomic mass is 19.4. The largest absolute Gasteiger partial charge is 0.493 e. The topological polar surface area (TPSA) is 86.0 Å². The number of hydrogen-bond donors (Lipinski definition) is 1. The molecule has 6 nitrogen and oxygen atoms in total. The molecule has 0 atom stereocenters. The summed E-state index contributed by atoms with van der Waals surface area (Å²) in [6.07, 6.45) is -5.27. The predicted molar refractivity (Wildman–Crippen MR) is 91.7 cm³/mol. The van der Waals surface area contributed by atoms with Gasteiger partial charge in [0, 0.05) is 6.07 Å². The van der Waals surface area contributed by atoms with E-state index in [1.54, 1.807) is 18.2 Å². The quantitative estimate of drug-likeness (QED) is 0.665. The van der Waals surface area contributed by atoms with Crippen LogP contribution in [0.1, 0.15) is 12.2 Å².